The van der Waals surface area contributed by atoms with Crippen LogP contribution < -0.4 is 11.1 Å². The first-order chi connectivity index (χ1) is 14.3. The Kier molecular flexibility index (Phi) is 7.56. The molecule has 0 aromatic heterocycles. The van der Waals surface area contributed by atoms with Gasteiger partial charge in [0, 0.05) is 23.2 Å². The third kappa shape index (κ3) is 5.23. The van der Waals surface area contributed by atoms with Crippen LogP contribution in [0, 0.1) is 11.7 Å². The van der Waals surface area contributed by atoms with Gasteiger partial charge in [0.2, 0.25) is 0 Å². The van der Waals surface area contributed by atoms with Crippen LogP contribution in [-0.2, 0) is 11.3 Å². The molecule has 0 heterocycles. The SMILES string of the molecule is BCCCCC(N)(C(=O)O)[C@H]1C[C@@H](NCc2ccc(-c3ccc(Cl)cc3)c(F)c2)C1. The molecule has 1 saturated carbocycles. The molecule has 0 spiro atoms. The molecule has 1 aliphatic carbocycles. The molecule has 1 aliphatic rings. The van der Waals surface area contributed by atoms with Crippen molar-refractivity contribution in [2.75, 3.05) is 0 Å². The summed E-state index contributed by atoms with van der Waals surface area (Å²) in [6, 6.07) is 12.5. The summed E-state index contributed by atoms with van der Waals surface area (Å²) in [6.07, 6.45) is 4.87. The van der Waals surface area contributed by atoms with E-state index >= 15 is 0 Å². The molecule has 4 nitrogen and oxygen atoms in total. The number of unbranched alkanes of at least 4 members (excludes halogenated alkanes) is 1. The van der Waals surface area contributed by atoms with Crippen LogP contribution >= 0.6 is 11.6 Å². The van der Waals surface area contributed by atoms with Gasteiger partial charge < -0.3 is 16.2 Å². The summed E-state index contributed by atoms with van der Waals surface area (Å²) >= 11 is 5.90. The number of nitrogens with one attached hydrogen (secondary N) is 1. The van der Waals surface area contributed by atoms with Crippen LogP contribution in [0.4, 0.5) is 4.39 Å². The van der Waals surface area contributed by atoms with Gasteiger partial charge in [-0.1, -0.05) is 55.0 Å². The Morgan fingerprint density at radius 2 is 1.93 bits per heavy atom. The van der Waals surface area contributed by atoms with Crippen molar-refractivity contribution in [3.05, 3.63) is 58.9 Å². The number of carbonyl (C=O) groups is 1. The lowest BCUT2D eigenvalue weighted by molar-refractivity contribution is -0.148. The Labute approximate surface area is 183 Å². The van der Waals surface area contributed by atoms with E-state index in [4.69, 9.17) is 17.3 Å². The molecule has 2 aromatic rings. The highest BCUT2D eigenvalue weighted by molar-refractivity contribution is 6.30. The second-order valence-electron chi connectivity index (χ2n) is 8.37. The average Bonchev–Trinajstić information content (AvgIpc) is 2.68. The van der Waals surface area contributed by atoms with Gasteiger partial charge in [-0.05, 0) is 54.5 Å². The second kappa shape index (κ2) is 9.95. The predicted octanol–water partition coefficient (Wildman–Crippen LogP) is 4.02. The Hall–Kier alpha value is -1.89. The molecule has 2 aromatic carbocycles. The molecular weight excluding hydrogens is 402 g/mol. The first-order valence-electron chi connectivity index (χ1n) is 10.6. The van der Waals surface area contributed by atoms with Crippen LogP contribution in [0.2, 0.25) is 11.3 Å². The smallest absolute Gasteiger partial charge is 0.323 e. The van der Waals surface area contributed by atoms with E-state index in [1.54, 1.807) is 36.4 Å². The van der Waals surface area contributed by atoms with Crippen LogP contribution in [-0.4, -0.2) is 30.5 Å². The van der Waals surface area contributed by atoms with Crippen molar-refractivity contribution >= 4 is 25.4 Å². The molecule has 30 heavy (non-hydrogen) atoms. The van der Waals surface area contributed by atoms with Crippen molar-refractivity contribution in [2.24, 2.45) is 11.7 Å². The fraction of sp³-hybridized carbons (Fsp3) is 0.435. The maximum Gasteiger partial charge on any atom is 0.323 e. The Balaban J connectivity index is 1.53. The lowest BCUT2D eigenvalue weighted by atomic mass is 9.66. The summed E-state index contributed by atoms with van der Waals surface area (Å²) < 4.78 is 14.6. The van der Waals surface area contributed by atoms with E-state index in [9.17, 15) is 14.3 Å². The molecule has 0 amide bonds. The lowest BCUT2D eigenvalue weighted by Crippen LogP contribution is -2.60. The van der Waals surface area contributed by atoms with Crippen LogP contribution in [0.1, 0.15) is 37.7 Å². The molecule has 0 aliphatic heterocycles. The van der Waals surface area contributed by atoms with Crippen LogP contribution in [0.25, 0.3) is 11.1 Å². The van der Waals surface area contributed by atoms with Gasteiger partial charge in [-0.3, -0.25) is 4.79 Å². The standard InChI is InChI=1S/C23H29BClFN2O2/c24-10-2-1-9-23(27,22(29)30)17-12-19(13-17)28-14-15-3-8-20(21(26)11-15)16-4-6-18(25)7-5-16/h3-8,11,17,19,28H,1-2,9-10,12-14,24,27H2,(H,29,30)/t17-,19+,23?. The minimum atomic E-state index is -1.14. The van der Waals surface area contributed by atoms with Gasteiger partial charge in [-0.2, -0.15) is 0 Å². The highest BCUT2D eigenvalue weighted by atomic mass is 35.5. The molecular formula is C23H29BClFN2O2. The summed E-state index contributed by atoms with van der Waals surface area (Å²) in [5.41, 5.74) is 7.32. The monoisotopic (exact) mass is 430 g/mol. The van der Waals surface area contributed by atoms with Crippen molar-refractivity contribution in [1.82, 2.24) is 5.32 Å². The molecule has 0 radical (unpaired) electrons. The highest BCUT2D eigenvalue weighted by Gasteiger charge is 2.47. The number of aliphatic carboxylic acids is 1. The van der Waals surface area contributed by atoms with Crippen LogP contribution in [0.3, 0.4) is 0 Å². The second-order valence-corrected chi connectivity index (χ2v) is 8.81. The number of rotatable bonds is 10. The summed E-state index contributed by atoms with van der Waals surface area (Å²) in [5, 5.41) is 13.7. The topological polar surface area (TPSA) is 75.4 Å². The van der Waals surface area contributed by atoms with E-state index in [-0.39, 0.29) is 17.8 Å². The summed E-state index contributed by atoms with van der Waals surface area (Å²) in [6.45, 7) is 0.537. The zero-order valence-electron chi connectivity index (χ0n) is 17.3. The molecule has 1 fully saturated rings. The van der Waals surface area contributed by atoms with Gasteiger partial charge in [0.25, 0.3) is 0 Å². The summed E-state index contributed by atoms with van der Waals surface area (Å²) in [5.74, 6) is -1.19. The molecule has 0 saturated heterocycles. The van der Waals surface area contributed by atoms with E-state index < -0.39 is 11.5 Å². The van der Waals surface area contributed by atoms with Crippen LogP contribution in [0.5, 0.6) is 0 Å². The minimum absolute atomic E-state index is 0.0200. The van der Waals surface area contributed by atoms with Gasteiger partial charge in [0.05, 0.1) is 0 Å². The van der Waals surface area contributed by atoms with E-state index in [1.807, 2.05) is 6.07 Å². The van der Waals surface area contributed by atoms with Gasteiger partial charge in [0.15, 0.2) is 0 Å². The van der Waals surface area contributed by atoms with E-state index in [0.29, 0.717) is 23.6 Å². The molecule has 3 rings (SSSR count). The first kappa shape index (κ1) is 22.8. The number of hydrogen-bond acceptors (Lipinski definition) is 3. The number of hydrogen-bond donors (Lipinski definition) is 3. The van der Waals surface area contributed by atoms with Gasteiger partial charge >= 0.3 is 5.97 Å². The first-order valence-corrected chi connectivity index (χ1v) is 11.0. The lowest BCUT2D eigenvalue weighted by Gasteiger charge is -2.45. The Morgan fingerprint density at radius 1 is 1.23 bits per heavy atom. The Morgan fingerprint density at radius 3 is 2.53 bits per heavy atom. The quantitative estimate of drug-likeness (QED) is 0.393. The minimum Gasteiger partial charge on any atom is -0.480 e. The molecule has 0 bridgehead atoms. The van der Waals surface area contributed by atoms with Crippen molar-refractivity contribution in [3.8, 4) is 11.1 Å². The van der Waals surface area contributed by atoms with Gasteiger partial charge in [-0.25, -0.2) is 4.39 Å². The number of halogens is 2. The highest BCUT2D eigenvalue weighted by Crippen LogP contribution is 2.38. The molecule has 1 unspecified atom stereocenters. The largest absolute Gasteiger partial charge is 0.480 e. The van der Waals surface area contributed by atoms with E-state index in [0.717, 1.165) is 43.1 Å². The third-order valence-corrected chi connectivity index (χ3v) is 6.49. The average molecular weight is 431 g/mol. The maximum absolute atomic E-state index is 14.6. The van der Waals surface area contributed by atoms with Crippen molar-refractivity contribution < 1.29 is 14.3 Å². The van der Waals surface area contributed by atoms with Crippen molar-refractivity contribution in [1.29, 1.82) is 0 Å². The fourth-order valence-corrected chi connectivity index (χ4v) is 4.28. The molecule has 1 atom stereocenters. The van der Waals surface area contributed by atoms with E-state index in [1.165, 1.54) is 0 Å². The third-order valence-electron chi connectivity index (χ3n) is 6.24. The number of carboxylic acid groups (broad SMARTS) is 1. The van der Waals surface area contributed by atoms with Gasteiger partial charge in [0.1, 0.15) is 19.2 Å². The Bertz CT molecular complexity index is 874. The zero-order chi connectivity index (χ0) is 21.7. The normalized spacial score (nSPS) is 20.4. The predicted molar refractivity (Wildman–Crippen MR) is 122 cm³/mol. The zero-order valence-corrected chi connectivity index (χ0v) is 18.1. The fourth-order valence-electron chi connectivity index (χ4n) is 4.15. The molecule has 7 heteroatoms. The van der Waals surface area contributed by atoms with Gasteiger partial charge in [-0.15, -0.1) is 0 Å². The maximum atomic E-state index is 14.6. The molecule has 4 N–H and O–H groups in total. The number of benzene rings is 2. The summed E-state index contributed by atoms with van der Waals surface area (Å²) in [7, 11) is 2.09. The van der Waals surface area contributed by atoms with Crippen molar-refractivity contribution in [3.63, 3.8) is 0 Å². The van der Waals surface area contributed by atoms with E-state index in [2.05, 4.69) is 13.2 Å². The number of carboxylic acids is 1. The molecule has 160 valence electrons. The number of nitrogens with two attached hydrogens (primary N) is 1. The van der Waals surface area contributed by atoms with Crippen LogP contribution in [0.15, 0.2) is 42.5 Å². The summed E-state index contributed by atoms with van der Waals surface area (Å²) in [4.78, 5) is 11.7. The van der Waals surface area contributed by atoms with Crippen molar-refractivity contribution in [2.45, 2.75) is 56.5 Å².